The molecule has 0 fully saturated rings. The molecule has 0 saturated heterocycles. The first kappa shape index (κ1) is 15.0. The Morgan fingerprint density at radius 3 is 2.50 bits per heavy atom. The molecule has 2 rings (SSSR count). The van der Waals surface area contributed by atoms with Gasteiger partial charge in [0.05, 0.1) is 5.69 Å². The van der Waals surface area contributed by atoms with Crippen LogP contribution in [0.4, 0.5) is 5.13 Å². The molecule has 2 aromatic heterocycles. The molecule has 2 heterocycles. The lowest BCUT2D eigenvalue weighted by molar-refractivity contribution is 0.392. The van der Waals surface area contributed by atoms with E-state index in [0.717, 1.165) is 28.8 Å². The summed E-state index contributed by atoms with van der Waals surface area (Å²) in [6, 6.07) is 0.257. The van der Waals surface area contributed by atoms with Crippen molar-refractivity contribution in [3.63, 3.8) is 0 Å². The highest BCUT2D eigenvalue weighted by molar-refractivity contribution is 7.09. The molecule has 0 aromatic carbocycles. The average Bonchev–Trinajstić information content (AvgIpc) is 2.90. The molecule has 1 N–H and O–H groups in total. The number of rotatable bonds is 4. The maximum atomic E-state index is 5.19. The minimum atomic E-state index is -0.0126. The summed E-state index contributed by atoms with van der Waals surface area (Å²) in [7, 11) is 0. The van der Waals surface area contributed by atoms with Crippen LogP contribution in [0.1, 0.15) is 50.5 Å². The van der Waals surface area contributed by atoms with Crippen LogP contribution in [-0.4, -0.2) is 20.6 Å². The van der Waals surface area contributed by atoms with Gasteiger partial charge in [0.25, 0.3) is 0 Å². The van der Waals surface area contributed by atoms with E-state index in [4.69, 9.17) is 4.52 Å². The van der Waals surface area contributed by atoms with Gasteiger partial charge >= 0.3 is 0 Å². The van der Waals surface area contributed by atoms with Gasteiger partial charge in [0.1, 0.15) is 11.6 Å². The minimum Gasteiger partial charge on any atom is -0.361 e. The monoisotopic (exact) mass is 294 g/mol. The number of hydrogen-bond donors (Lipinski definition) is 1. The molecule has 0 bridgehead atoms. The summed E-state index contributed by atoms with van der Waals surface area (Å²) in [4.78, 5) is 4.55. The first-order valence-electron chi connectivity index (χ1n) is 6.80. The van der Waals surface area contributed by atoms with Crippen molar-refractivity contribution >= 4 is 16.7 Å². The van der Waals surface area contributed by atoms with E-state index in [0.29, 0.717) is 0 Å². The first-order valence-corrected chi connectivity index (χ1v) is 7.57. The highest BCUT2D eigenvalue weighted by atomic mass is 32.1. The van der Waals surface area contributed by atoms with Crippen LogP contribution in [0.5, 0.6) is 0 Å². The molecule has 20 heavy (non-hydrogen) atoms. The molecule has 1 atom stereocenters. The van der Waals surface area contributed by atoms with E-state index in [2.05, 4.69) is 47.5 Å². The number of hydrogen-bond acceptors (Lipinski definition) is 6. The Balaban J connectivity index is 2.02. The van der Waals surface area contributed by atoms with Gasteiger partial charge in [-0.2, -0.15) is 4.37 Å². The van der Waals surface area contributed by atoms with E-state index in [1.54, 1.807) is 0 Å². The zero-order valence-corrected chi connectivity index (χ0v) is 13.8. The van der Waals surface area contributed by atoms with Gasteiger partial charge in [-0.05, 0) is 27.2 Å². The molecule has 0 spiro atoms. The van der Waals surface area contributed by atoms with Gasteiger partial charge in [-0.1, -0.05) is 25.9 Å². The van der Waals surface area contributed by atoms with E-state index >= 15 is 0 Å². The largest absolute Gasteiger partial charge is 0.361 e. The summed E-state index contributed by atoms with van der Waals surface area (Å²) in [6.45, 7) is 12.4. The fourth-order valence-electron chi connectivity index (χ4n) is 1.95. The average molecular weight is 294 g/mol. The topological polar surface area (TPSA) is 63.8 Å². The molecule has 0 radical (unpaired) electrons. The molecular formula is C14H22N4OS. The van der Waals surface area contributed by atoms with Gasteiger partial charge in [0.2, 0.25) is 5.13 Å². The Kier molecular flexibility index (Phi) is 4.13. The predicted molar refractivity (Wildman–Crippen MR) is 81.4 cm³/mol. The van der Waals surface area contributed by atoms with Crippen LogP contribution in [0.2, 0.25) is 0 Å². The maximum absolute atomic E-state index is 5.19. The van der Waals surface area contributed by atoms with Crippen LogP contribution in [-0.2, 0) is 11.8 Å². The lowest BCUT2D eigenvalue weighted by atomic mass is 9.96. The van der Waals surface area contributed by atoms with Crippen LogP contribution >= 0.6 is 11.5 Å². The molecule has 1 unspecified atom stereocenters. The van der Waals surface area contributed by atoms with Gasteiger partial charge < -0.3 is 9.84 Å². The van der Waals surface area contributed by atoms with Crippen molar-refractivity contribution in [1.29, 1.82) is 0 Å². The molecule has 0 aliphatic heterocycles. The quantitative estimate of drug-likeness (QED) is 0.935. The second-order valence-electron chi connectivity index (χ2n) is 6.23. The maximum Gasteiger partial charge on any atom is 0.202 e. The molecule has 0 saturated carbocycles. The van der Waals surface area contributed by atoms with E-state index in [1.165, 1.54) is 17.1 Å². The molecule has 0 aliphatic rings. The van der Waals surface area contributed by atoms with Crippen molar-refractivity contribution in [2.75, 3.05) is 5.32 Å². The van der Waals surface area contributed by atoms with Gasteiger partial charge in [-0.25, -0.2) is 4.98 Å². The Labute approximate surface area is 124 Å². The zero-order valence-electron chi connectivity index (χ0n) is 12.9. The van der Waals surface area contributed by atoms with Crippen molar-refractivity contribution in [3.8, 4) is 0 Å². The Morgan fingerprint density at radius 1 is 1.30 bits per heavy atom. The SMILES string of the molecule is Cc1noc(C)c1CC(C)Nc1nc(C(C)(C)C)ns1. The molecular weight excluding hydrogens is 272 g/mol. The molecule has 0 aliphatic carbocycles. The molecule has 5 nitrogen and oxygen atoms in total. The zero-order chi connectivity index (χ0) is 14.9. The Bertz CT molecular complexity index is 563. The standard InChI is InChI=1S/C14H22N4OS/c1-8(7-11-9(2)17-19-10(11)3)15-13-16-12(18-20-13)14(4,5)6/h8H,7H2,1-6H3,(H,15,16,18). The third-order valence-corrected chi connectivity index (χ3v) is 3.80. The molecule has 0 amide bonds. The first-order chi connectivity index (χ1) is 9.27. The molecule has 2 aromatic rings. The fraction of sp³-hybridized carbons (Fsp3) is 0.643. The number of aryl methyl sites for hydroxylation is 2. The van der Waals surface area contributed by atoms with Gasteiger partial charge in [-0.3, -0.25) is 0 Å². The lowest BCUT2D eigenvalue weighted by Crippen LogP contribution is -2.19. The summed E-state index contributed by atoms with van der Waals surface area (Å²) < 4.78 is 9.60. The summed E-state index contributed by atoms with van der Waals surface area (Å²) >= 11 is 1.41. The smallest absolute Gasteiger partial charge is 0.202 e. The van der Waals surface area contributed by atoms with Crippen LogP contribution in [0.25, 0.3) is 0 Å². The summed E-state index contributed by atoms with van der Waals surface area (Å²) in [5.74, 6) is 1.78. The van der Waals surface area contributed by atoms with Gasteiger partial charge in [-0.15, -0.1) is 0 Å². The van der Waals surface area contributed by atoms with Crippen LogP contribution < -0.4 is 5.32 Å². The number of nitrogens with zero attached hydrogens (tertiary/aromatic N) is 3. The van der Waals surface area contributed by atoms with Crippen molar-refractivity contribution in [3.05, 3.63) is 22.8 Å². The highest BCUT2D eigenvalue weighted by Gasteiger charge is 2.20. The highest BCUT2D eigenvalue weighted by Crippen LogP contribution is 2.24. The van der Waals surface area contributed by atoms with Crippen molar-refractivity contribution in [2.24, 2.45) is 0 Å². The normalized spacial score (nSPS) is 13.5. The van der Waals surface area contributed by atoms with Crippen molar-refractivity contribution in [1.82, 2.24) is 14.5 Å². The Hall–Kier alpha value is -1.43. The Morgan fingerprint density at radius 2 is 2.00 bits per heavy atom. The second-order valence-corrected chi connectivity index (χ2v) is 6.98. The summed E-state index contributed by atoms with van der Waals surface area (Å²) in [5, 5.41) is 8.26. The predicted octanol–water partition coefficient (Wildman–Crippen LogP) is 3.48. The fourth-order valence-corrected chi connectivity index (χ4v) is 2.82. The van der Waals surface area contributed by atoms with Crippen molar-refractivity contribution in [2.45, 2.75) is 59.4 Å². The van der Waals surface area contributed by atoms with Gasteiger partial charge in [0, 0.05) is 28.6 Å². The van der Waals surface area contributed by atoms with E-state index in [-0.39, 0.29) is 11.5 Å². The van der Waals surface area contributed by atoms with Crippen LogP contribution in [0.3, 0.4) is 0 Å². The van der Waals surface area contributed by atoms with E-state index in [9.17, 15) is 0 Å². The third kappa shape index (κ3) is 3.36. The third-order valence-electron chi connectivity index (χ3n) is 3.16. The molecule has 110 valence electrons. The number of aromatic nitrogens is 3. The van der Waals surface area contributed by atoms with Crippen LogP contribution in [0, 0.1) is 13.8 Å². The van der Waals surface area contributed by atoms with E-state index in [1.807, 2.05) is 13.8 Å². The summed E-state index contributed by atoms with van der Waals surface area (Å²) in [6.07, 6.45) is 0.867. The second kappa shape index (κ2) is 5.52. The van der Waals surface area contributed by atoms with Gasteiger partial charge in [0.15, 0.2) is 0 Å². The number of anilines is 1. The minimum absolute atomic E-state index is 0.0126. The summed E-state index contributed by atoms with van der Waals surface area (Å²) in [5.41, 5.74) is 2.12. The molecule has 6 heteroatoms. The lowest BCUT2D eigenvalue weighted by Gasteiger charge is -2.14. The van der Waals surface area contributed by atoms with Crippen LogP contribution in [0.15, 0.2) is 4.52 Å². The number of nitrogens with one attached hydrogen (secondary N) is 1. The van der Waals surface area contributed by atoms with Crippen molar-refractivity contribution < 1.29 is 4.52 Å². The van der Waals surface area contributed by atoms with E-state index < -0.39 is 0 Å².